The summed E-state index contributed by atoms with van der Waals surface area (Å²) in [4.78, 5) is 11.7. The lowest BCUT2D eigenvalue weighted by Gasteiger charge is -2.19. The van der Waals surface area contributed by atoms with Crippen molar-refractivity contribution < 1.29 is 4.79 Å². The summed E-state index contributed by atoms with van der Waals surface area (Å²) < 4.78 is 0. The van der Waals surface area contributed by atoms with Gasteiger partial charge in [0.05, 0.1) is 0 Å². The van der Waals surface area contributed by atoms with Gasteiger partial charge in [-0.3, -0.25) is 4.79 Å². The number of benzene rings is 2. The molecule has 0 amide bonds. The third-order valence-corrected chi connectivity index (χ3v) is 5.36. The number of ketones is 1. The molecule has 1 atom stereocenters. The van der Waals surface area contributed by atoms with E-state index in [1.807, 2.05) is 48.5 Å². The molecule has 2 aromatic rings. The normalized spacial score (nSPS) is 14.5. The van der Waals surface area contributed by atoms with Gasteiger partial charge in [-0.1, -0.05) is 72.8 Å². The summed E-state index contributed by atoms with van der Waals surface area (Å²) in [5.74, 6) is 0.316. The van der Waals surface area contributed by atoms with E-state index in [1.54, 1.807) is 6.08 Å². The van der Waals surface area contributed by atoms with Crippen LogP contribution in [0.1, 0.15) is 49.1 Å². The van der Waals surface area contributed by atoms with E-state index < -0.39 is 0 Å². The first-order chi connectivity index (χ1) is 14.7. The summed E-state index contributed by atoms with van der Waals surface area (Å²) in [6.07, 6.45) is 9.74. The number of nitrogens with zero attached hydrogens (tertiary/aromatic N) is 2. The smallest absolute Gasteiger partial charge is 0.155 e. The molecule has 30 heavy (non-hydrogen) atoms. The Morgan fingerprint density at radius 1 is 0.967 bits per heavy atom. The predicted octanol–water partition coefficient (Wildman–Crippen LogP) is 6.29. The summed E-state index contributed by atoms with van der Waals surface area (Å²) in [5.41, 5.74) is 4.08. The Balaban J connectivity index is 1.90. The van der Waals surface area contributed by atoms with Crippen molar-refractivity contribution in [1.82, 2.24) is 0 Å². The molecule has 2 aromatic carbocycles. The van der Waals surface area contributed by atoms with Gasteiger partial charge >= 0.3 is 0 Å². The number of rotatable bonds is 7. The lowest BCUT2D eigenvalue weighted by molar-refractivity contribution is -0.115. The molecule has 0 N–H and O–H groups in total. The van der Waals surface area contributed by atoms with Crippen LogP contribution in [0, 0.1) is 22.7 Å². The van der Waals surface area contributed by atoms with Gasteiger partial charge in [0.1, 0.15) is 17.7 Å². The Morgan fingerprint density at radius 2 is 1.63 bits per heavy atom. The van der Waals surface area contributed by atoms with Gasteiger partial charge in [0.2, 0.25) is 0 Å². The Bertz CT molecular complexity index is 1030. The first-order valence-corrected chi connectivity index (χ1v) is 10.2. The molecule has 0 fully saturated rings. The van der Waals surface area contributed by atoms with E-state index in [0.717, 1.165) is 36.0 Å². The second kappa shape index (κ2) is 10.7. The standard InChI is InChI=1S/C27H24N2O/c28-19-25(20-29)27(23-13-5-2-6-14-23)18-24(22-11-3-1-4-12-22)15-7-9-21-10-8-16-26(30)17-21/h1-7,9,11-14,17,24H,8,10,15-16,18H2/b9-7+/t24-/m0/s1. The zero-order chi connectivity index (χ0) is 21.2. The van der Waals surface area contributed by atoms with Crippen molar-refractivity contribution in [2.75, 3.05) is 0 Å². The van der Waals surface area contributed by atoms with Crippen LogP contribution >= 0.6 is 0 Å². The van der Waals surface area contributed by atoms with Crippen molar-refractivity contribution >= 4 is 11.4 Å². The van der Waals surface area contributed by atoms with Crippen molar-refractivity contribution in [2.24, 2.45) is 0 Å². The molecule has 3 heteroatoms. The molecular weight excluding hydrogens is 368 g/mol. The number of hydrogen-bond donors (Lipinski definition) is 0. The monoisotopic (exact) mass is 392 g/mol. The number of carbonyl (C=O) groups is 1. The average molecular weight is 393 g/mol. The first kappa shape index (κ1) is 21.0. The number of hydrogen-bond acceptors (Lipinski definition) is 3. The highest BCUT2D eigenvalue weighted by atomic mass is 16.1. The highest BCUT2D eigenvalue weighted by Gasteiger charge is 2.17. The number of nitriles is 2. The Labute approximate surface area is 178 Å². The van der Waals surface area contributed by atoms with Crippen LogP contribution in [-0.2, 0) is 4.79 Å². The summed E-state index contributed by atoms with van der Waals surface area (Å²) >= 11 is 0. The zero-order valence-corrected chi connectivity index (χ0v) is 16.9. The topological polar surface area (TPSA) is 64.7 Å². The second-order valence-electron chi connectivity index (χ2n) is 7.43. The molecule has 0 aliphatic heterocycles. The van der Waals surface area contributed by atoms with Crippen LogP contribution in [0.25, 0.3) is 5.57 Å². The number of allylic oxidation sites excluding steroid dienone is 6. The van der Waals surface area contributed by atoms with Crippen molar-refractivity contribution in [1.29, 1.82) is 10.5 Å². The molecule has 0 saturated heterocycles. The fourth-order valence-electron chi connectivity index (χ4n) is 3.81. The van der Waals surface area contributed by atoms with E-state index in [9.17, 15) is 15.3 Å². The quantitative estimate of drug-likeness (QED) is 0.520. The summed E-state index contributed by atoms with van der Waals surface area (Å²) in [7, 11) is 0. The third-order valence-electron chi connectivity index (χ3n) is 5.36. The van der Waals surface area contributed by atoms with Crippen LogP contribution in [0.3, 0.4) is 0 Å². The number of carbonyl (C=O) groups excluding carboxylic acids is 1. The molecule has 0 saturated carbocycles. The van der Waals surface area contributed by atoms with Gasteiger partial charge in [-0.15, -0.1) is 0 Å². The second-order valence-corrected chi connectivity index (χ2v) is 7.43. The van der Waals surface area contributed by atoms with E-state index in [1.165, 1.54) is 5.56 Å². The summed E-state index contributed by atoms with van der Waals surface area (Å²) in [6, 6.07) is 24.0. The fraction of sp³-hybridized carbons (Fsp3) is 0.222. The van der Waals surface area contributed by atoms with Crippen LogP contribution in [-0.4, -0.2) is 5.78 Å². The molecule has 148 valence electrons. The SMILES string of the molecule is N#CC(C#N)=C(C[C@H](C/C=C/C1=CC(=O)CCC1)c1ccccc1)c1ccccc1. The largest absolute Gasteiger partial charge is 0.295 e. The van der Waals surface area contributed by atoms with Crippen LogP contribution in [0.15, 0.2) is 90.0 Å². The zero-order valence-electron chi connectivity index (χ0n) is 16.9. The minimum Gasteiger partial charge on any atom is -0.295 e. The third kappa shape index (κ3) is 5.66. The van der Waals surface area contributed by atoms with E-state index in [4.69, 9.17) is 0 Å². The highest BCUT2D eigenvalue weighted by Crippen LogP contribution is 2.34. The van der Waals surface area contributed by atoms with Crippen LogP contribution in [0.2, 0.25) is 0 Å². The van der Waals surface area contributed by atoms with Crippen molar-refractivity contribution in [3.63, 3.8) is 0 Å². The summed E-state index contributed by atoms with van der Waals surface area (Å²) in [5, 5.41) is 19.1. The molecule has 3 rings (SSSR count). The van der Waals surface area contributed by atoms with Crippen molar-refractivity contribution in [3.05, 3.63) is 101 Å². The van der Waals surface area contributed by atoms with Gasteiger partial charge < -0.3 is 0 Å². The van der Waals surface area contributed by atoms with Gasteiger partial charge in [0.15, 0.2) is 5.78 Å². The molecule has 0 unspecified atom stereocenters. The Kier molecular flexibility index (Phi) is 7.53. The summed E-state index contributed by atoms with van der Waals surface area (Å²) in [6.45, 7) is 0. The predicted molar refractivity (Wildman–Crippen MR) is 119 cm³/mol. The van der Waals surface area contributed by atoms with Crippen molar-refractivity contribution in [2.45, 2.75) is 38.0 Å². The van der Waals surface area contributed by atoms with Gasteiger partial charge in [-0.2, -0.15) is 10.5 Å². The molecular formula is C27H24N2O. The van der Waals surface area contributed by atoms with E-state index in [-0.39, 0.29) is 17.3 Å². The molecule has 1 aliphatic rings. The van der Waals surface area contributed by atoms with E-state index in [2.05, 4.69) is 36.4 Å². The Morgan fingerprint density at radius 3 is 2.27 bits per heavy atom. The molecule has 0 radical (unpaired) electrons. The maximum Gasteiger partial charge on any atom is 0.155 e. The van der Waals surface area contributed by atoms with Crippen molar-refractivity contribution in [3.8, 4) is 12.1 Å². The van der Waals surface area contributed by atoms with Gasteiger partial charge in [-0.25, -0.2) is 0 Å². The molecule has 0 heterocycles. The molecule has 0 aromatic heterocycles. The van der Waals surface area contributed by atoms with E-state index >= 15 is 0 Å². The van der Waals surface area contributed by atoms with Gasteiger partial charge in [0, 0.05) is 6.42 Å². The lowest BCUT2D eigenvalue weighted by Crippen LogP contribution is -2.03. The maximum absolute atomic E-state index is 11.7. The van der Waals surface area contributed by atoms with Gasteiger partial charge in [0.25, 0.3) is 0 Å². The molecule has 1 aliphatic carbocycles. The van der Waals surface area contributed by atoms with E-state index in [0.29, 0.717) is 12.8 Å². The lowest BCUT2D eigenvalue weighted by atomic mass is 9.84. The molecule has 0 spiro atoms. The minimum absolute atomic E-state index is 0.120. The van der Waals surface area contributed by atoms with Gasteiger partial charge in [-0.05, 0) is 60.0 Å². The average Bonchev–Trinajstić information content (AvgIpc) is 2.79. The highest BCUT2D eigenvalue weighted by molar-refractivity contribution is 5.91. The molecule has 3 nitrogen and oxygen atoms in total. The van der Waals surface area contributed by atoms with Crippen LogP contribution in [0.5, 0.6) is 0 Å². The Hall–Kier alpha value is -3.69. The first-order valence-electron chi connectivity index (χ1n) is 10.2. The van der Waals surface area contributed by atoms with Crippen LogP contribution in [0.4, 0.5) is 0 Å². The van der Waals surface area contributed by atoms with Crippen LogP contribution < -0.4 is 0 Å². The fourth-order valence-corrected chi connectivity index (χ4v) is 3.81. The molecule has 0 bridgehead atoms. The minimum atomic E-state index is 0.120. The maximum atomic E-state index is 11.7.